The zero-order valence-electron chi connectivity index (χ0n) is 11.6. The first-order chi connectivity index (χ1) is 9.95. The number of ether oxygens (including phenoxy) is 1. The highest BCUT2D eigenvalue weighted by atomic mass is 79.9. The second-order valence-corrected chi connectivity index (χ2v) is 6.62. The van der Waals surface area contributed by atoms with Gasteiger partial charge in [0.1, 0.15) is 5.75 Å². The van der Waals surface area contributed by atoms with Crippen LogP contribution < -0.4 is 4.74 Å². The number of hydrogen-bond donors (Lipinski definition) is 0. The fraction of sp³-hybridized carbons (Fsp3) is 0.250. The van der Waals surface area contributed by atoms with Gasteiger partial charge in [-0.15, -0.1) is 11.6 Å². The van der Waals surface area contributed by atoms with Crippen LogP contribution in [-0.4, -0.2) is 6.61 Å². The molecule has 0 aromatic heterocycles. The summed E-state index contributed by atoms with van der Waals surface area (Å²) in [6.07, 6.45) is 0. The molecular weight excluding hydrogens is 394 g/mol. The normalized spacial score (nSPS) is 12.3. The van der Waals surface area contributed by atoms with Crippen LogP contribution in [0, 0.1) is 6.92 Å². The van der Waals surface area contributed by atoms with Crippen LogP contribution >= 0.6 is 50.7 Å². The number of halogens is 4. The molecule has 2 aromatic rings. The molecule has 0 saturated carbocycles. The molecule has 0 aliphatic carbocycles. The SMILES string of the molecule is CCOc1cc(Cl)c(C(Cl)c2cccc(C)c2Br)cc1Cl. The molecular formula is C16H14BrCl3O. The lowest BCUT2D eigenvalue weighted by molar-refractivity contribution is 0.340. The predicted octanol–water partition coefficient (Wildman–Crippen LogP) is 6.79. The third-order valence-corrected chi connectivity index (χ3v) is 5.29. The van der Waals surface area contributed by atoms with Gasteiger partial charge in [-0.1, -0.05) is 57.3 Å². The highest BCUT2D eigenvalue weighted by Gasteiger charge is 2.19. The topological polar surface area (TPSA) is 9.23 Å². The van der Waals surface area contributed by atoms with Crippen LogP contribution in [0.3, 0.4) is 0 Å². The van der Waals surface area contributed by atoms with Crippen molar-refractivity contribution in [1.82, 2.24) is 0 Å². The molecule has 21 heavy (non-hydrogen) atoms. The van der Waals surface area contributed by atoms with Crippen molar-refractivity contribution >= 4 is 50.7 Å². The first-order valence-corrected chi connectivity index (χ1v) is 8.45. The lowest BCUT2D eigenvalue weighted by Gasteiger charge is -2.17. The van der Waals surface area contributed by atoms with E-state index in [1.54, 1.807) is 12.1 Å². The van der Waals surface area contributed by atoms with E-state index in [-0.39, 0.29) is 5.38 Å². The summed E-state index contributed by atoms with van der Waals surface area (Å²) in [4.78, 5) is 0. The Kier molecular flexibility index (Phi) is 5.84. The average Bonchev–Trinajstić information content (AvgIpc) is 2.45. The van der Waals surface area contributed by atoms with Gasteiger partial charge in [0.2, 0.25) is 0 Å². The van der Waals surface area contributed by atoms with E-state index in [4.69, 9.17) is 39.5 Å². The molecule has 0 heterocycles. The quantitative estimate of drug-likeness (QED) is 0.506. The first kappa shape index (κ1) is 17.0. The summed E-state index contributed by atoms with van der Waals surface area (Å²) in [6, 6.07) is 9.43. The summed E-state index contributed by atoms with van der Waals surface area (Å²) in [7, 11) is 0. The molecule has 0 saturated heterocycles. The molecule has 1 atom stereocenters. The molecule has 2 rings (SSSR count). The van der Waals surface area contributed by atoms with Crippen LogP contribution in [0.25, 0.3) is 0 Å². The maximum atomic E-state index is 6.60. The van der Waals surface area contributed by atoms with Crippen LogP contribution in [0.1, 0.15) is 29.0 Å². The lowest BCUT2D eigenvalue weighted by Crippen LogP contribution is -1.99. The molecule has 0 amide bonds. The third-order valence-electron chi connectivity index (χ3n) is 3.12. The van der Waals surface area contributed by atoms with Crippen LogP contribution in [-0.2, 0) is 0 Å². The smallest absolute Gasteiger partial charge is 0.139 e. The average molecular weight is 409 g/mol. The van der Waals surface area contributed by atoms with Gasteiger partial charge in [0.05, 0.1) is 17.0 Å². The first-order valence-electron chi connectivity index (χ1n) is 6.46. The van der Waals surface area contributed by atoms with Crippen LogP contribution in [0.15, 0.2) is 34.8 Å². The van der Waals surface area contributed by atoms with Gasteiger partial charge in [-0.05, 0) is 36.6 Å². The van der Waals surface area contributed by atoms with E-state index in [1.807, 2.05) is 32.0 Å². The fourth-order valence-electron chi connectivity index (χ4n) is 2.04. The number of alkyl halides is 1. The summed E-state index contributed by atoms with van der Waals surface area (Å²) in [6.45, 7) is 4.44. The highest BCUT2D eigenvalue weighted by Crippen LogP contribution is 2.41. The van der Waals surface area contributed by atoms with Crippen molar-refractivity contribution in [3.8, 4) is 5.75 Å². The van der Waals surface area contributed by atoms with Crippen molar-refractivity contribution in [3.63, 3.8) is 0 Å². The maximum Gasteiger partial charge on any atom is 0.139 e. The van der Waals surface area contributed by atoms with E-state index in [9.17, 15) is 0 Å². The lowest BCUT2D eigenvalue weighted by atomic mass is 10.0. The van der Waals surface area contributed by atoms with Crippen molar-refractivity contribution in [2.45, 2.75) is 19.2 Å². The Morgan fingerprint density at radius 1 is 1.14 bits per heavy atom. The summed E-state index contributed by atoms with van der Waals surface area (Å²) in [5.41, 5.74) is 2.84. The molecule has 2 aromatic carbocycles. The molecule has 1 unspecified atom stereocenters. The van der Waals surface area contributed by atoms with Crippen molar-refractivity contribution in [2.75, 3.05) is 6.61 Å². The Morgan fingerprint density at radius 3 is 2.52 bits per heavy atom. The molecule has 0 aliphatic rings. The van der Waals surface area contributed by atoms with Gasteiger partial charge in [-0.3, -0.25) is 0 Å². The molecule has 0 bridgehead atoms. The van der Waals surface area contributed by atoms with Gasteiger partial charge < -0.3 is 4.74 Å². The Morgan fingerprint density at radius 2 is 1.86 bits per heavy atom. The minimum atomic E-state index is -0.389. The Labute approximate surface area is 148 Å². The van der Waals surface area contributed by atoms with Crippen LogP contribution in [0.4, 0.5) is 0 Å². The number of benzene rings is 2. The Balaban J connectivity index is 2.46. The van der Waals surface area contributed by atoms with Crippen molar-refractivity contribution in [1.29, 1.82) is 0 Å². The third kappa shape index (κ3) is 3.68. The highest BCUT2D eigenvalue weighted by molar-refractivity contribution is 9.10. The van der Waals surface area contributed by atoms with Crippen LogP contribution in [0.5, 0.6) is 5.75 Å². The second-order valence-electron chi connectivity index (χ2n) is 4.58. The van der Waals surface area contributed by atoms with Gasteiger partial charge >= 0.3 is 0 Å². The van der Waals surface area contributed by atoms with E-state index in [1.165, 1.54) is 0 Å². The van der Waals surface area contributed by atoms with Crippen LogP contribution in [0.2, 0.25) is 10.0 Å². The fourth-order valence-corrected chi connectivity index (χ4v) is 3.57. The van der Waals surface area contributed by atoms with Gasteiger partial charge in [-0.25, -0.2) is 0 Å². The molecule has 1 nitrogen and oxygen atoms in total. The van der Waals surface area contributed by atoms with Crippen molar-refractivity contribution in [2.24, 2.45) is 0 Å². The second kappa shape index (κ2) is 7.23. The van der Waals surface area contributed by atoms with Gasteiger partial charge in [0.15, 0.2) is 0 Å². The van der Waals surface area contributed by atoms with E-state index >= 15 is 0 Å². The number of rotatable bonds is 4. The molecule has 112 valence electrons. The summed E-state index contributed by atoms with van der Waals surface area (Å²) in [5.74, 6) is 0.570. The number of aryl methyl sites for hydroxylation is 1. The van der Waals surface area contributed by atoms with Gasteiger partial charge in [0, 0.05) is 15.6 Å². The summed E-state index contributed by atoms with van der Waals surface area (Å²) in [5, 5.41) is 0.655. The Bertz CT molecular complexity index is 658. The van der Waals surface area contributed by atoms with E-state index in [0.29, 0.717) is 22.4 Å². The van der Waals surface area contributed by atoms with E-state index < -0.39 is 0 Å². The molecule has 0 fully saturated rings. The maximum absolute atomic E-state index is 6.60. The number of hydrogen-bond acceptors (Lipinski definition) is 1. The monoisotopic (exact) mass is 406 g/mol. The summed E-state index contributed by atoms with van der Waals surface area (Å²) >= 11 is 22.7. The molecule has 5 heteroatoms. The van der Waals surface area contributed by atoms with Gasteiger partial charge in [-0.2, -0.15) is 0 Å². The van der Waals surface area contributed by atoms with E-state index in [2.05, 4.69) is 15.9 Å². The summed E-state index contributed by atoms with van der Waals surface area (Å²) < 4.78 is 6.41. The minimum Gasteiger partial charge on any atom is -0.492 e. The molecule has 0 radical (unpaired) electrons. The van der Waals surface area contributed by atoms with Crippen molar-refractivity contribution in [3.05, 3.63) is 61.5 Å². The molecule has 0 spiro atoms. The molecule has 0 N–H and O–H groups in total. The van der Waals surface area contributed by atoms with Gasteiger partial charge in [0.25, 0.3) is 0 Å². The van der Waals surface area contributed by atoms with E-state index in [0.717, 1.165) is 21.2 Å². The largest absolute Gasteiger partial charge is 0.492 e. The zero-order valence-corrected chi connectivity index (χ0v) is 15.4. The predicted molar refractivity (Wildman–Crippen MR) is 94.2 cm³/mol. The Hall–Kier alpha value is -0.410. The zero-order chi connectivity index (χ0) is 15.6. The van der Waals surface area contributed by atoms with Crippen molar-refractivity contribution < 1.29 is 4.74 Å². The standard InChI is InChI=1S/C16H14BrCl3O/c1-3-21-14-8-12(18)11(7-13(14)19)16(20)10-6-4-5-9(2)15(10)17/h4-8,16H,3H2,1-2H3. The minimum absolute atomic E-state index is 0.389. The molecule has 0 aliphatic heterocycles.